The van der Waals surface area contributed by atoms with Crippen LogP contribution in [0.5, 0.6) is 0 Å². The molecule has 0 spiro atoms. The van der Waals surface area contributed by atoms with Gasteiger partial charge in [-0.25, -0.2) is 0 Å². The van der Waals surface area contributed by atoms with Crippen LogP contribution in [0.3, 0.4) is 0 Å². The van der Waals surface area contributed by atoms with E-state index in [9.17, 15) is 0 Å². The molecular formula is C12H17N3. The number of rotatable bonds is 6. The summed E-state index contributed by atoms with van der Waals surface area (Å²) >= 11 is 0. The molecule has 1 aromatic rings. The van der Waals surface area contributed by atoms with Gasteiger partial charge in [0.2, 0.25) is 0 Å². The molecule has 0 aliphatic heterocycles. The zero-order valence-electron chi connectivity index (χ0n) is 9.11. The number of nitriles is 1. The number of pyridine rings is 1. The van der Waals surface area contributed by atoms with Crippen LogP contribution < -0.4 is 5.32 Å². The van der Waals surface area contributed by atoms with Crippen molar-refractivity contribution in [1.29, 1.82) is 5.26 Å². The second kappa shape index (κ2) is 6.97. The largest absolute Gasteiger partial charge is 0.310 e. The van der Waals surface area contributed by atoms with Gasteiger partial charge in [-0.3, -0.25) is 4.98 Å². The van der Waals surface area contributed by atoms with Gasteiger partial charge in [0.25, 0.3) is 0 Å². The van der Waals surface area contributed by atoms with Crippen LogP contribution >= 0.6 is 0 Å². The monoisotopic (exact) mass is 203 g/mol. The van der Waals surface area contributed by atoms with Crippen molar-refractivity contribution in [3.05, 3.63) is 30.1 Å². The first-order valence-electron chi connectivity index (χ1n) is 5.35. The van der Waals surface area contributed by atoms with Gasteiger partial charge in [-0.2, -0.15) is 5.26 Å². The van der Waals surface area contributed by atoms with Crippen LogP contribution in [0.25, 0.3) is 0 Å². The fourth-order valence-electron chi connectivity index (χ4n) is 1.42. The zero-order chi connectivity index (χ0) is 10.9. The molecule has 0 aliphatic rings. The Hall–Kier alpha value is -1.40. The van der Waals surface area contributed by atoms with Crippen molar-refractivity contribution in [1.82, 2.24) is 10.3 Å². The van der Waals surface area contributed by atoms with Gasteiger partial charge < -0.3 is 5.32 Å². The fraction of sp³-hybridized carbons (Fsp3) is 0.500. The average Bonchev–Trinajstić information content (AvgIpc) is 2.30. The Bertz CT molecular complexity index is 302. The van der Waals surface area contributed by atoms with Crippen LogP contribution in [0.15, 0.2) is 24.5 Å². The summed E-state index contributed by atoms with van der Waals surface area (Å²) in [6.07, 6.45) is 6.31. The second-order valence-electron chi connectivity index (χ2n) is 3.57. The molecule has 0 unspecified atom stereocenters. The summed E-state index contributed by atoms with van der Waals surface area (Å²) in [5.41, 5.74) is 1.25. The van der Waals surface area contributed by atoms with E-state index in [1.807, 2.05) is 24.5 Å². The summed E-state index contributed by atoms with van der Waals surface area (Å²) < 4.78 is 0. The maximum absolute atomic E-state index is 8.38. The van der Waals surface area contributed by atoms with Crippen molar-refractivity contribution < 1.29 is 0 Å². The van der Waals surface area contributed by atoms with Gasteiger partial charge in [0.1, 0.15) is 0 Å². The van der Waals surface area contributed by atoms with Gasteiger partial charge in [0.15, 0.2) is 0 Å². The lowest BCUT2D eigenvalue weighted by Crippen LogP contribution is -2.19. The second-order valence-corrected chi connectivity index (χ2v) is 3.57. The lowest BCUT2D eigenvalue weighted by Gasteiger charge is -2.13. The molecule has 1 aromatic heterocycles. The van der Waals surface area contributed by atoms with Crippen molar-refractivity contribution in [3.63, 3.8) is 0 Å². The first-order valence-corrected chi connectivity index (χ1v) is 5.35. The van der Waals surface area contributed by atoms with Crippen molar-refractivity contribution >= 4 is 0 Å². The predicted octanol–water partition coefficient (Wildman–Crippen LogP) is 2.43. The first kappa shape index (κ1) is 11.7. The van der Waals surface area contributed by atoms with Gasteiger partial charge in [0, 0.05) is 24.9 Å². The van der Waals surface area contributed by atoms with E-state index in [-0.39, 0.29) is 0 Å². The van der Waals surface area contributed by atoms with Gasteiger partial charge in [-0.1, -0.05) is 0 Å². The third-order valence-electron chi connectivity index (χ3n) is 2.37. The van der Waals surface area contributed by atoms with Crippen molar-refractivity contribution in [2.24, 2.45) is 0 Å². The smallest absolute Gasteiger partial charge is 0.0621 e. The molecule has 80 valence electrons. The minimum atomic E-state index is 0.357. The molecule has 0 fully saturated rings. The van der Waals surface area contributed by atoms with Crippen molar-refractivity contribution in [2.45, 2.75) is 32.2 Å². The van der Waals surface area contributed by atoms with E-state index in [1.165, 1.54) is 5.56 Å². The van der Waals surface area contributed by atoms with Crippen LogP contribution in [0.1, 0.15) is 37.8 Å². The maximum atomic E-state index is 8.38. The van der Waals surface area contributed by atoms with E-state index in [1.54, 1.807) is 0 Å². The lowest BCUT2D eigenvalue weighted by atomic mass is 10.1. The molecule has 3 nitrogen and oxygen atoms in total. The highest BCUT2D eigenvalue weighted by Gasteiger charge is 2.02. The van der Waals surface area contributed by atoms with Gasteiger partial charge in [0.05, 0.1) is 6.07 Å². The van der Waals surface area contributed by atoms with E-state index in [0.717, 1.165) is 19.4 Å². The fourth-order valence-corrected chi connectivity index (χ4v) is 1.42. The van der Waals surface area contributed by atoms with E-state index >= 15 is 0 Å². The Balaban J connectivity index is 2.20. The predicted molar refractivity (Wildman–Crippen MR) is 60.1 cm³/mol. The third-order valence-corrected chi connectivity index (χ3v) is 2.37. The molecule has 0 aliphatic carbocycles. The highest BCUT2D eigenvalue weighted by Crippen LogP contribution is 2.09. The van der Waals surface area contributed by atoms with Gasteiger partial charge in [-0.15, -0.1) is 0 Å². The number of nitrogens with one attached hydrogen (secondary N) is 1. The van der Waals surface area contributed by atoms with Gasteiger partial charge >= 0.3 is 0 Å². The summed E-state index contributed by atoms with van der Waals surface area (Å²) in [6.45, 7) is 3.10. The molecular weight excluding hydrogens is 186 g/mol. The van der Waals surface area contributed by atoms with Gasteiger partial charge in [-0.05, 0) is 44.0 Å². The Morgan fingerprint density at radius 3 is 2.80 bits per heavy atom. The molecule has 0 radical (unpaired) electrons. The number of unbranched alkanes of at least 4 members (excludes halogenated alkanes) is 2. The van der Waals surface area contributed by atoms with Crippen LogP contribution in [-0.4, -0.2) is 11.5 Å². The normalized spacial score (nSPS) is 12.0. The molecule has 1 heterocycles. The summed E-state index contributed by atoms with van der Waals surface area (Å²) in [7, 11) is 0. The highest BCUT2D eigenvalue weighted by molar-refractivity contribution is 5.13. The van der Waals surface area contributed by atoms with E-state index < -0.39 is 0 Å². The molecule has 1 rings (SSSR count). The zero-order valence-corrected chi connectivity index (χ0v) is 9.11. The van der Waals surface area contributed by atoms with Crippen molar-refractivity contribution in [3.8, 4) is 6.07 Å². The van der Waals surface area contributed by atoms with E-state index in [2.05, 4.69) is 23.3 Å². The van der Waals surface area contributed by atoms with E-state index in [0.29, 0.717) is 12.5 Å². The number of nitrogens with zero attached hydrogens (tertiary/aromatic N) is 2. The minimum Gasteiger partial charge on any atom is -0.310 e. The number of hydrogen-bond acceptors (Lipinski definition) is 3. The third kappa shape index (κ3) is 4.57. The average molecular weight is 203 g/mol. The molecule has 0 saturated carbocycles. The molecule has 0 saturated heterocycles. The van der Waals surface area contributed by atoms with Crippen LogP contribution in [0.4, 0.5) is 0 Å². The SMILES string of the molecule is C[C@@H](NCCCCC#N)c1ccncc1. The quantitative estimate of drug-likeness (QED) is 0.722. The summed E-state index contributed by atoms with van der Waals surface area (Å²) in [4.78, 5) is 3.98. The number of hydrogen-bond donors (Lipinski definition) is 1. The highest BCUT2D eigenvalue weighted by atomic mass is 14.9. The van der Waals surface area contributed by atoms with Crippen LogP contribution in [-0.2, 0) is 0 Å². The van der Waals surface area contributed by atoms with Crippen LogP contribution in [0, 0.1) is 11.3 Å². The first-order chi connectivity index (χ1) is 7.34. The van der Waals surface area contributed by atoms with E-state index in [4.69, 9.17) is 5.26 Å². The number of aromatic nitrogens is 1. The molecule has 0 bridgehead atoms. The standard InChI is InChI=1S/C12H17N3/c1-11(12-5-9-14-10-6-12)15-8-4-2-3-7-13/h5-6,9-11,15H,2-4,8H2,1H3/t11-/m1/s1. The molecule has 0 aromatic carbocycles. The molecule has 15 heavy (non-hydrogen) atoms. The topological polar surface area (TPSA) is 48.7 Å². The molecule has 1 N–H and O–H groups in total. The Morgan fingerprint density at radius 2 is 2.13 bits per heavy atom. The minimum absolute atomic E-state index is 0.357. The molecule has 3 heteroatoms. The lowest BCUT2D eigenvalue weighted by molar-refractivity contribution is 0.548. The molecule has 1 atom stereocenters. The summed E-state index contributed by atoms with van der Waals surface area (Å²) in [5, 5.41) is 11.8. The van der Waals surface area contributed by atoms with Crippen molar-refractivity contribution in [2.75, 3.05) is 6.54 Å². The Morgan fingerprint density at radius 1 is 1.40 bits per heavy atom. The maximum Gasteiger partial charge on any atom is 0.0621 e. The summed E-state index contributed by atoms with van der Waals surface area (Å²) in [6, 6.07) is 6.55. The molecule has 0 amide bonds. The summed E-state index contributed by atoms with van der Waals surface area (Å²) in [5.74, 6) is 0. The van der Waals surface area contributed by atoms with Crippen LogP contribution in [0.2, 0.25) is 0 Å². The Kier molecular flexibility index (Phi) is 5.42. The Labute approximate surface area is 91.1 Å².